The van der Waals surface area contributed by atoms with Crippen LogP contribution < -0.4 is 4.74 Å². The molecule has 80 valence electrons. The summed E-state index contributed by atoms with van der Waals surface area (Å²) in [5.74, 6) is 3.09. The summed E-state index contributed by atoms with van der Waals surface area (Å²) in [6.45, 7) is 2.18. The molecule has 1 aromatic carbocycles. The fourth-order valence-corrected chi connectivity index (χ4v) is 1.71. The Labute approximate surface area is 93.4 Å². The summed E-state index contributed by atoms with van der Waals surface area (Å²) in [6.07, 6.45) is 7.64. The molecule has 2 aromatic rings. The second-order valence-corrected chi connectivity index (χ2v) is 3.52. The average Bonchev–Trinajstić information content (AvgIpc) is 2.69. The maximum Gasteiger partial charge on any atom is 0.152 e. The van der Waals surface area contributed by atoms with Gasteiger partial charge in [-0.1, -0.05) is 5.92 Å². The summed E-state index contributed by atoms with van der Waals surface area (Å²) in [7, 11) is 0. The standard InChI is InChI=1S/C13H11NO2/c1-3-4-16-11-5-9(2)13-12(6-11)10(8-15)7-14-13/h1,5-8,14H,4H2,2H3. The monoisotopic (exact) mass is 213 g/mol. The van der Waals surface area contributed by atoms with Crippen LogP contribution in [-0.2, 0) is 0 Å². The third-order valence-electron chi connectivity index (χ3n) is 2.44. The first kappa shape index (κ1) is 10.3. The zero-order chi connectivity index (χ0) is 11.5. The van der Waals surface area contributed by atoms with Crippen LogP contribution in [0.25, 0.3) is 10.9 Å². The van der Waals surface area contributed by atoms with Gasteiger partial charge in [0.25, 0.3) is 0 Å². The van der Waals surface area contributed by atoms with Crippen molar-refractivity contribution in [1.82, 2.24) is 4.98 Å². The lowest BCUT2D eigenvalue weighted by molar-refractivity contribution is 0.112. The lowest BCUT2D eigenvalue weighted by Crippen LogP contribution is -1.94. The van der Waals surface area contributed by atoms with Crippen molar-refractivity contribution >= 4 is 17.2 Å². The molecule has 1 aromatic heterocycles. The van der Waals surface area contributed by atoms with E-state index in [0.29, 0.717) is 11.3 Å². The number of rotatable bonds is 3. The van der Waals surface area contributed by atoms with Crippen LogP contribution in [0, 0.1) is 19.3 Å². The molecule has 16 heavy (non-hydrogen) atoms. The molecule has 3 nitrogen and oxygen atoms in total. The topological polar surface area (TPSA) is 42.1 Å². The number of aryl methyl sites for hydroxylation is 1. The number of aldehydes is 1. The van der Waals surface area contributed by atoms with E-state index in [0.717, 1.165) is 22.8 Å². The van der Waals surface area contributed by atoms with Crippen LogP contribution in [0.15, 0.2) is 18.3 Å². The zero-order valence-electron chi connectivity index (χ0n) is 8.91. The van der Waals surface area contributed by atoms with Gasteiger partial charge in [-0.2, -0.15) is 0 Å². The first-order valence-electron chi connectivity index (χ1n) is 4.89. The Bertz CT molecular complexity index is 575. The van der Waals surface area contributed by atoms with Crippen molar-refractivity contribution in [3.05, 3.63) is 29.5 Å². The minimum absolute atomic E-state index is 0.228. The fourth-order valence-electron chi connectivity index (χ4n) is 1.71. The third kappa shape index (κ3) is 1.66. The molecule has 2 rings (SSSR count). The molecule has 3 heteroatoms. The summed E-state index contributed by atoms with van der Waals surface area (Å²) in [6, 6.07) is 3.71. The van der Waals surface area contributed by atoms with Crippen LogP contribution in [0.4, 0.5) is 0 Å². The van der Waals surface area contributed by atoms with Gasteiger partial charge in [0.15, 0.2) is 6.29 Å². The average molecular weight is 213 g/mol. The van der Waals surface area contributed by atoms with Gasteiger partial charge in [-0.3, -0.25) is 4.79 Å². The number of aromatic nitrogens is 1. The summed E-state index contributed by atoms with van der Waals surface area (Å²) >= 11 is 0. The van der Waals surface area contributed by atoms with Crippen LogP contribution in [0.5, 0.6) is 5.75 Å². The molecule has 0 atom stereocenters. The predicted octanol–water partition coefficient (Wildman–Crippen LogP) is 2.30. The van der Waals surface area contributed by atoms with E-state index in [1.807, 2.05) is 19.1 Å². The quantitative estimate of drug-likeness (QED) is 0.628. The van der Waals surface area contributed by atoms with Gasteiger partial charge in [0.05, 0.1) is 0 Å². The molecular formula is C13H11NO2. The van der Waals surface area contributed by atoms with Crippen LogP contribution in [0.3, 0.4) is 0 Å². The van der Waals surface area contributed by atoms with Crippen molar-refractivity contribution in [3.63, 3.8) is 0 Å². The molecule has 0 aliphatic heterocycles. The summed E-state index contributed by atoms with van der Waals surface area (Å²) in [4.78, 5) is 13.9. The number of carbonyl (C=O) groups excluding carboxylic acids is 1. The second kappa shape index (κ2) is 4.11. The van der Waals surface area contributed by atoms with Gasteiger partial charge < -0.3 is 9.72 Å². The first-order chi connectivity index (χ1) is 7.76. The minimum Gasteiger partial charge on any atom is -0.481 e. The Kier molecular flexibility index (Phi) is 2.65. The molecule has 0 aliphatic rings. The van der Waals surface area contributed by atoms with E-state index in [2.05, 4.69) is 10.9 Å². The predicted molar refractivity (Wildman–Crippen MR) is 62.8 cm³/mol. The van der Waals surface area contributed by atoms with E-state index in [4.69, 9.17) is 11.2 Å². The number of ether oxygens (including phenoxy) is 1. The van der Waals surface area contributed by atoms with Gasteiger partial charge in [0, 0.05) is 22.7 Å². The maximum atomic E-state index is 10.8. The fraction of sp³-hybridized carbons (Fsp3) is 0.154. The van der Waals surface area contributed by atoms with Gasteiger partial charge in [-0.15, -0.1) is 6.42 Å². The molecule has 0 unspecified atom stereocenters. The van der Waals surface area contributed by atoms with E-state index in [9.17, 15) is 4.79 Å². The van der Waals surface area contributed by atoms with Crippen LogP contribution in [0.1, 0.15) is 15.9 Å². The Balaban J connectivity index is 2.55. The van der Waals surface area contributed by atoms with Gasteiger partial charge >= 0.3 is 0 Å². The lowest BCUT2D eigenvalue weighted by atomic mass is 10.1. The van der Waals surface area contributed by atoms with Crippen molar-refractivity contribution in [2.45, 2.75) is 6.92 Å². The van der Waals surface area contributed by atoms with Crippen molar-refractivity contribution in [3.8, 4) is 18.1 Å². The molecule has 0 saturated heterocycles. The van der Waals surface area contributed by atoms with E-state index in [1.165, 1.54) is 0 Å². The summed E-state index contributed by atoms with van der Waals surface area (Å²) in [5.41, 5.74) is 2.61. The van der Waals surface area contributed by atoms with Crippen molar-refractivity contribution in [2.75, 3.05) is 6.61 Å². The number of benzene rings is 1. The second-order valence-electron chi connectivity index (χ2n) is 3.52. The van der Waals surface area contributed by atoms with E-state index in [1.54, 1.807) is 6.20 Å². The Morgan fingerprint density at radius 2 is 2.38 bits per heavy atom. The molecule has 0 aliphatic carbocycles. The highest BCUT2D eigenvalue weighted by molar-refractivity contribution is 5.99. The molecule has 0 amide bonds. The number of aromatic amines is 1. The molecule has 1 N–H and O–H groups in total. The number of fused-ring (bicyclic) bond motifs is 1. The van der Waals surface area contributed by atoms with Gasteiger partial charge in [-0.05, 0) is 24.6 Å². The molecular weight excluding hydrogens is 202 g/mol. The normalized spacial score (nSPS) is 10.0. The summed E-state index contributed by atoms with van der Waals surface area (Å²) in [5, 5.41) is 0.863. The zero-order valence-corrected chi connectivity index (χ0v) is 8.91. The SMILES string of the molecule is C#CCOc1cc(C)c2[nH]cc(C=O)c2c1. The first-order valence-corrected chi connectivity index (χ1v) is 4.89. The number of carbonyl (C=O) groups is 1. The van der Waals surface area contributed by atoms with Gasteiger partial charge in [0.1, 0.15) is 12.4 Å². The molecule has 0 fully saturated rings. The maximum absolute atomic E-state index is 10.8. The number of terminal acetylenes is 1. The van der Waals surface area contributed by atoms with Crippen molar-refractivity contribution in [2.24, 2.45) is 0 Å². The highest BCUT2D eigenvalue weighted by Crippen LogP contribution is 2.26. The van der Waals surface area contributed by atoms with Gasteiger partial charge in [0.2, 0.25) is 0 Å². The molecule has 0 saturated carbocycles. The van der Waals surface area contributed by atoms with E-state index < -0.39 is 0 Å². The largest absolute Gasteiger partial charge is 0.481 e. The van der Waals surface area contributed by atoms with Crippen LogP contribution in [0.2, 0.25) is 0 Å². The number of hydrogen-bond acceptors (Lipinski definition) is 2. The smallest absolute Gasteiger partial charge is 0.152 e. The van der Waals surface area contributed by atoms with E-state index >= 15 is 0 Å². The highest BCUT2D eigenvalue weighted by Gasteiger charge is 2.07. The Morgan fingerprint density at radius 3 is 3.06 bits per heavy atom. The molecule has 0 spiro atoms. The minimum atomic E-state index is 0.228. The molecule has 1 heterocycles. The van der Waals surface area contributed by atoms with Crippen molar-refractivity contribution < 1.29 is 9.53 Å². The molecule has 0 bridgehead atoms. The number of nitrogens with one attached hydrogen (secondary N) is 1. The summed E-state index contributed by atoms with van der Waals surface area (Å²) < 4.78 is 5.35. The Hall–Kier alpha value is -2.21. The molecule has 0 radical (unpaired) electrons. The highest BCUT2D eigenvalue weighted by atomic mass is 16.5. The van der Waals surface area contributed by atoms with Crippen LogP contribution in [-0.4, -0.2) is 17.9 Å². The van der Waals surface area contributed by atoms with Crippen molar-refractivity contribution in [1.29, 1.82) is 0 Å². The van der Waals surface area contributed by atoms with Gasteiger partial charge in [-0.25, -0.2) is 0 Å². The third-order valence-corrected chi connectivity index (χ3v) is 2.44. The Morgan fingerprint density at radius 1 is 1.56 bits per heavy atom. The van der Waals surface area contributed by atoms with E-state index in [-0.39, 0.29) is 6.61 Å². The van der Waals surface area contributed by atoms with Crippen LogP contribution >= 0.6 is 0 Å². The number of H-pyrrole nitrogens is 1. The number of hydrogen-bond donors (Lipinski definition) is 1. The lowest BCUT2D eigenvalue weighted by Gasteiger charge is -2.04.